The standard InChI is InChI=1S/C23H20N2O6S2/c1-16-13-17-14-18(23(26)31-2)15-21(22(17)24-16)25(32(27,28)19-9-5-3-6-10-19)33(29,30)20-11-7-4-8-12-20/h3-15,24H,1-2H3. The number of aromatic nitrogens is 1. The van der Waals surface area contributed by atoms with E-state index < -0.39 is 26.0 Å². The van der Waals surface area contributed by atoms with Gasteiger partial charge in [0.05, 0.1) is 33.7 Å². The smallest absolute Gasteiger partial charge is 0.337 e. The fourth-order valence-corrected chi connectivity index (χ4v) is 7.25. The topological polar surface area (TPSA) is 114 Å². The Hall–Kier alpha value is -3.63. The van der Waals surface area contributed by atoms with Gasteiger partial charge in [-0.05, 0) is 49.4 Å². The van der Waals surface area contributed by atoms with Crippen molar-refractivity contribution in [3.8, 4) is 0 Å². The van der Waals surface area contributed by atoms with Crippen LogP contribution >= 0.6 is 0 Å². The largest absolute Gasteiger partial charge is 0.465 e. The Kier molecular flexibility index (Phi) is 5.73. The van der Waals surface area contributed by atoms with Gasteiger partial charge in [0.15, 0.2) is 0 Å². The minimum atomic E-state index is -4.62. The molecule has 1 aromatic heterocycles. The summed E-state index contributed by atoms with van der Waals surface area (Å²) in [6, 6.07) is 18.9. The van der Waals surface area contributed by atoms with E-state index in [1.165, 1.54) is 67.8 Å². The average molecular weight is 485 g/mol. The Morgan fingerprint density at radius 2 is 1.33 bits per heavy atom. The highest BCUT2D eigenvalue weighted by Crippen LogP contribution is 2.37. The zero-order chi connectivity index (χ0) is 23.8. The van der Waals surface area contributed by atoms with Gasteiger partial charge in [0.1, 0.15) is 0 Å². The van der Waals surface area contributed by atoms with Crippen LogP contribution in [0, 0.1) is 6.92 Å². The number of aryl methyl sites for hydroxylation is 1. The fourth-order valence-electron chi connectivity index (χ4n) is 3.51. The molecule has 4 rings (SSSR count). The molecule has 170 valence electrons. The van der Waals surface area contributed by atoms with Crippen LogP contribution in [0.4, 0.5) is 5.69 Å². The summed E-state index contributed by atoms with van der Waals surface area (Å²) in [5, 5.41) is 0.460. The van der Waals surface area contributed by atoms with Crippen LogP contribution in [-0.4, -0.2) is 34.9 Å². The first-order valence-electron chi connectivity index (χ1n) is 9.78. The molecule has 0 aliphatic heterocycles. The number of methoxy groups -OCH3 is 1. The van der Waals surface area contributed by atoms with E-state index in [0.717, 1.165) is 0 Å². The molecular formula is C23H20N2O6S2. The summed E-state index contributed by atoms with van der Waals surface area (Å²) in [7, 11) is -8.05. The Bertz CT molecular complexity index is 1480. The summed E-state index contributed by atoms with van der Waals surface area (Å²) in [4.78, 5) is 14.9. The van der Waals surface area contributed by atoms with Gasteiger partial charge in [-0.3, -0.25) is 0 Å². The number of nitrogens with zero attached hydrogens (tertiary/aromatic N) is 1. The van der Waals surface area contributed by atoms with Gasteiger partial charge in [-0.25, -0.2) is 21.6 Å². The number of benzene rings is 3. The molecule has 3 aromatic carbocycles. The van der Waals surface area contributed by atoms with E-state index in [-0.39, 0.29) is 26.6 Å². The maximum Gasteiger partial charge on any atom is 0.337 e. The van der Waals surface area contributed by atoms with Gasteiger partial charge in [0, 0.05) is 11.1 Å². The highest BCUT2D eigenvalue weighted by molar-refractivity contribution is 8.10. The number of ether oxygens (including phenoxy) is 1. The lowest BCUT2D eigenvalue weighted by molar-refractivity contribution is 0.0601. The number of hydrogen-bond donors (Lipinski definition) is 1. The molecule has 0 amide bonds. The lowest BCUT2D eigenvalue weighted by Crippen LogP contribution is -2.37. The van der Waals surface area contributed by atoms with Gasteiger partial charge in [0.2, 0.25) is 0 Å². The van der Waals surface area contributed by atoms with Crippen molar-refractivity contribution in [2.75, 3.05) is 10.8 Å². The highest BCUT2D eigenvalue weighted by atomic mass is 32.3. The van der Waals surface area contributed by atoms with Crippen LogP contribution < -0.4 is 3.71 Å². The molecule has 0 fully saturated rings. The predicted molar refractivity (Wildman–Crippen MR) is 124 cm³/mol. The van der Waals surface area contributed by atoms with Crippen LogP contribution in [0.25, 0.3) is 10.9 Å². The van der Waals surface area contributed by atoms with Gasteiger partial charge >= 0.3 is 5.97 Å². The van der Waals surface area contributed by atoms with Gasteiger partial charge in [-0.1, -0.05) is 36.4 Å². The molecule has 0 saturated carbocycles. The van der Waals surface area contributed by atoms with Crippen molar-refractivity contribution >= 4 is 42.6 Å². The van der Waals surface area contributed by atoms with Crippen molar-refractivity contribution in [3.63, 3.8) is 0 Å². The fraction of sp³-hybridized carbons (Fsp3) is 0.0870. The van der Waals surface area contributed by atoms with Crippen LogP contribution in [0.15, 0.2) is 88.7 Å². The molecule has 0 unspecified atom stereocenters. The van der Waals surface area contributed by atoms with Crippen LogP contribution in [0.3, 0.4) is 0 Å². The normalized spacial score (nSPS) is 11.9. The molecule has 8 nitrogen and oxygen atoms in total. The van der Waals surface area contributed by atoms with Crippen molar-refractivity contribution in [2.45, 2.75) is 16.7 Å². The number of aromatic amines is 1. The van der Waals surface area contributed by atoms with Gasteiger partial charge < -0.3 is 9.72 Å². The first kappa shape index (κ1) is 22.6. The number of anilines is 1. The SMILES string of the molecule is COC(=O)c1cc(N(S(=O)(=O)c2ccccc2)S(=O)(=O)c2ccccc2)c2[nH]c(C)cc2c1. The Morgan fingerprint density at radius 3 is 1.82 bits per heavy atom. The molecule has 0 aliphatic carbocycles. The third-order valence-corrected chi connectivity index (χ3v) is 9.16. The number of nitrogens with one attached hydrogen (secondary N) is 1. The Balaban J connectivity index is 2.11. The Morgan fingerprint density at radius 1 is 0.818 bits per heavy atom. The van der Waals surface area contributed by atoms with E-state index in [1.807, 2.05) is 0 Å². The first-order valence-corrected chi connectivity index (χ1v) is 12.7. The number of H-pyrrole nitrogens is 1. The van der Waals surface area contributed by atoms with E-state index in [0.29, 0.717) is 14.8 Å². The summed E-state index contributed by atoms with van der Waals surface area (Å²) >= 11 is 0. The minimum Gasteiger partial charge on any atom is -0.465 e. The quantitative estimate of drug-likeness (QED) is 0.416. The molecule has 1 N–H and O–H groups in total. The van der Waals surface area contributed by atoms with E-state index >= 15 is 0 Å². The third-order valence-electron chi connectivity index (χ3n) is 4.98. The van der Waals surface area contributed by atoms with Crippen molar-refractivity contribution < 1.29 is 26.4 Å². The maximum atomic E-state index is 13.8. The number of carbonyl (C=O) groups is 1. The molecule has 0 aliphatic rings. The molecule has 0 spiro atoms. The monoisotopic (exact) mass is 484 g/mol. The molecule has 0 saturated heterocycles. The minimum absolute atomic E-state index is 0.00974. The maximum absolute atomic E-state index is 13.8. The number of hydrogen-bond acceptors (Lipinski definition) is 6. The van der Waals surface area contributed by atoms with Gasteiger partial charge in [-0.2, -0.15) is 3.71 Å². The third kappa shape index (κ3) is 3.98. The molecule has 1 heterocycles. The average Bonchev–Trinajstić information content (AvgIpc) is 3.19. The lowest BCUT2D eigenvalue weighted by Gasteiger charge is -2.25. The van der Waals surface area contributed by atoms with Crippen LogP contribution in [0.1, 0.15) is 16.1 Å². The van der Waals surface area contributed by atoms with Crippen molar-refractivity contribution in [1.29, 1.82) is 0 Å². The molecule has 4 aromatic rings. The molecule has 0 atom stereocenters. The number of fused-ring (bicyclic) bond motifs is 1. The zero-order valence-corrected chi connectivity index (χ0v) is 19.4. The van der Waals surface area contributed by atoms with Crippen molar-refractivity contribution in [3.05, 3.63) is 90.1 Å². The number of sulfonamides is 2. The van der Waals surface area contributed by atoms with E-state index in [2.05, 4.69) is 4.98 Å². The lowest BCUT2D eigenvalue weighted by atomic mass is 10.1. The molecule has 0 bridgehead atoms. The van der Waals surface area contributed by atoms with Crippen molar-refractivity contribution in [1.82, 2.24) is 4.98 Å². The van der Waals surface area contributed by atoms with Gasteiger partial charge in [-0.15, -0.1) is 0 Å². The highest BCUT2D eigenvalue weighted by Gasteiger charge is 2.38. The van der Waals surface area contributed by atoms with E-state index in [4.69, 9.17) is 4.74 Å². The van der Waals surface area contributed by atoms with E-state index in [1.54, 1.807) is 25.1 Å². The number of carbonyl (C=O) groups excluding carboxylic acids is 1. The molecule has 10 heteroatoms. The van der Waals surface area contributed by atoms with Crippen LogP contribution in [0.2, 0.25) is 0 Å². The first-order chi connectivity index (χ1) is 15.7. The second kappa shape index (κ2) is 8.38. The van der Waals surface area contributed by atoms with Crippen LogP contribution in [-0.2, 0) is 24.8 Å². The van der Waals surface area contributed by atoms with Crippen molar-refractivity contribution in [2.24, 2.45) is 0 Å². The molecule has 0 radical (unpaired) electrons. The van der Waals surface area contributed by atoms with E-state index in [9.17, 15) is 21.6 Å². The molecular weight excluding hydrogens is 464 g/mol. The summed E-state index contributed by atoms with van der Waals surface area (Å²) in [6.07, 6.45) is 0. The summed E-state index contributed by atoms with van der Waals surface area (Å²) < 4.78 is 60.3. The number of esters is 1. The zero-order valence-electron chi connectivity index (χ0n) is 17.7. The Labute approximate surface area is 191 Å². The summed E-state index contributed by atoms with van der Waals surface area (Å²) in [5.41, 5.74) is 0.700. The summed E-state index contributed by atoms with van der Waals surface area (Å²) in [5.74, 6) is -0.730. The van der Waals surface area contributed by atoms with Crippen LogP contribution in [0.5, 0.6) is 0 Å². The molecule has 33 heavy (non-hydrogen) atoms. The second-order valence-corrected chi connectivity index (χ2v) is 11.0. The summed E-state index contributed by atoms with van der Waals surface area (Å²) in [6.45, 7) is 1.74. The second-order valence-electron chi connectivity index (χ2n) is 7.24. The number of rotatable bonds is 6. The van der Waals surface area contributed by atoms with Gasteiger partial charge in [0.25, 0.3) is 20.0 Å². The predicted octanol–water partition coefficient (Wildman–Crippen LogP) is 3.85.